The van der Waals surface area contributed by atoms with Crippen LogP contribution in [0.5, 0.6) is 5.75 Å². The van der Waals surface area contributed by atoms with Crippen molar-refractivity contribution in [2.24, 2.45) is 0 Å². The van der Waals surface area contributed by atoms with E-state index >= 15 is 0 Å². The lowest BCUT2D eigenvalue weighted by atomic mass is 10.1. The number of hydrogen-bond donors (Lipinski definition) is 1. The molecule has 0 fully saturated rings. The van der Waals surface area contributed by atoms with Gasteiger partial charge in [-0.15, -0.1) is 11.3 Å². The third kappa shape index (κ3) is 3.57. The minimum Gasteiger partial charge on any atom is -0.497 e. The van der Waals surface area contributed by atoms with Crippen LogP contribution in [-0.2, 0) is 11.3 Å². The van der Waals surface area contributed by atoms with Crippen molar-refractivity contribution in [3.05, 3.63) is 70.1 Å². The number of nitrogens with zero attached hydrogens (tertiary/aromatic N) is 2. The van der Waals surface area contributed by atoms with Gasteiger partial charge in [0.15, 0.2) is 0 Å². The SMILES string of the molecule is CCC(C(=O)NCc1cccc(OC)c1)n1nc(C)c2sc3ccccc3c2c1=O. The summed E-state index contributed by atoms with van der Waals surface area (Å²) in [5, 5.41) is 8.99. The van der Waals surface area contributed by atoms with Crippen LogP contribution in [0.15, 0.2) is 53.3 Å². The second-order valence-electron chi connectivity index (χ2n) is 7.13. The summed E-state index contributed by atoms with van der Waals surface area (Å²) in [6.07, 6.45) is 0.462. The zero-order valence-corrected chi connectivity index (χ0v) is 18.0. The summed E-state index contributed by atoms with van der Waals surface area (Å²) in [5.41, 5.74) is 1.45. The Morgan fingerprint density at radius 1 is 1.23 bits per heavy atom. The van der Waals surface area contributed by atoms with Crippen molar-refractivity contribution < 1.29 is 9.53 Å². The van der Waals surface area contributed by atoms with Gasteiger partial charge < -0.3 is 10.1 Å². The molecular formula is C23H23N3O3S. The van der Waals surface area contributed by atoms with E-state index in [9.17, 15) is 9.59 Å². The average molecular weight is 422 g/mol. The lowest BCUT2D eigenvalue weighted by Crippen LogP contribution is -2.38. The van der Waals surface area contributed by atoms with Crippen LogP contribution in [0.2, 0.25) is 0 Å². The maximum atomic E-state index is 13.3. The first kappa shape index (κ1) is 20.1. The molecule has 0 aliphatic heterocycles. The summed E-state index contributed by atoms with van der Waals surface area (Å²) in [4.78, 5) is 26.3. The van der Waals surface area contributed by atoms with E-state index in [0.717, 1.165) is 31.8 Å². The first-order chi connectivity index (χ1) is 14.5. The summed E-state index contributed by atoms with van der Waals surface area (Å²) in [7, 11) is 1.61. The zero-order chi connectivity index (χ0) is 21.3. The van der Waals surface area contributed by atoms with E-state index in [1.165, 1.54) is 4.68 Å². The van der Waals surface area contributed by atoms with Crippen LogP contribution >= 0.6 is 11.3 Å². The van der Waals surface area contributed by atoms with Crippen molar-refractivity contribution in [3.8, 4) is 5.75 Å². The van der Waals surface area contributed by atoms with Crippen molar-refractivity contribution in [2.75, 3.05) is 7.11 Å². The highest BCUT2D eigenvalue weighted by Gasteiger charge is 2.24. The third-order valence-electron chi connectivity index (χ3n) is 5.19. The largest absolute Gasteiger partial charge is 0.497 e. The molecule has 0 aliphatic carbocycles. The first-order valence-electron chi connectivity index (χ1n) is 9.84. The molecule has 6 nitrogen and oxygen atoms in total. The quantitative estimate of drug-likeness (QED) is 0.507. The van der Waals surface area contributed by atoms with Crippen molar-refractivity contribution >= 4 is 37.4 Å². The predicted octanol–water partition coefficient (Wildman–Crippen LogP) is 4.20. The van der Waals surface area contributed by atoms with Gasteiger partial charge in [0.1, 0.15) is 11.8 Å². The lowest BCUT2D eigenvalue weighted by Gasteiger charge is -2.18. The van der Waals surface area contributed by atoms with Crippen molar-refractivity contribution in [1.82, 2.24) is 15.1 Å². The van der Waals surface area contributed by atoms with Crippen LogP contribution in [0.1, 0.15) is 30.6 Å². The van der Waals surface area contributed by atoms with Crippen LogP contribution in [0.4, 0.5) is 0 Å². The molecule has 2 heterocycles. The summed E-state index contributed by atoms with van der Waals surface area (Å²) in [6, 6.07) is 14.7. The predicted molar refractivity (Wildman–Crippen MR) is 120 cm³/mol. The molecule has 0 radical (unpaired) electrons. The Morgan fingerprint density at radius 3 is 2.80 bits per heavy atom. The molecule has 7 heteroatoms. The van der Waals surface area contributed by atoms with Gasteiger partial charge in [-0.1, -0.05) is 37.3 Å². The third-order valence-corrected chi connectivity index (χ3v) is 6.47. The minimum absolute atomic E-state index is 0.226. The van der Waals surface area contributed by atoms with E-state index in [4.69, 9.17) is 4.74 Å². The molecule has 4 aromatic rings. The number of methoxy groups -OCH3 is 1. The zero-order valence-electron chi connectivity index (χ0n) is 17.1. The molecule has 0 spiro atoms. The second-order valence-corrected chi connectivity index (χ2v) is 8.18. The Bertz CT molecular complexity index is 1290. The fraction of sp³-hybridized carbons (Fsp3) is 0.261. The number of fused-ring (bicyclic) bond motifs is 3. The molecule has 0 bridgehead atoms. The number of hydrogen-bond acceptors (Lipinski definition) is 5. The average Bonchev–Trinajstić information content (AvgIpc) is 3.17. The maximum Gasteiger partial charge on any atom is 0.276 e. The summed E-state index contributed by atoms with van der Waals surface area (Å²) in [6.45, 7) is 4.12. The maximum absolute atomic E-state index is 13.3. The van der Waals surface area contributed by atoms with E-state index in [-0.39, 0.29) is 11.5 Å². The highest BCUT2D eigenvalue weighted by molar-refractivity contribution is 7.26. The molecule has 0 saturated heterocycles. The summed E-state index contributed by atoms with van der Waals surface area (Å²) >= 11 is 1.56. The van der Waals surface area contributed by atoms with Gasteiger partial charge in [-0.2, -0.15) is 5.10 Å². The molecule has 154 valence electrons. The van der Waals surface area contributed by atoms with Crippen molar-refractivity contribution in [3.63, 3.8) is 0 Å². The van der Waals surface area contributed by atoms with Crippen LogP contribution in [0.3, 0.4) is 0 Å². The molecule has 30 heavy (non-hydrogen) atoms. The number of rotatable bonds is 6. The number of thiophene rings is 1. The first-order valence-corrected chi connectivity index (χ1v) is 10.7. The Labute approximate surface area is 178 Å². The summed E-state index contributed by atoms with van der Waals surface area (Å²) in [5.74, 6) is 0.505. The number of benzene rings is 2. The normalized spacial score (nSPS) is 12.2. The highest BCUT2D eigenvalue weighted by Crippen LogP contribution is 2.33. The minimum atomic E-state index is -0.676. The Kier molecular flexibility index (Phi) is 5.55. The summed E-state index contributed by atoms with van der Waals surface area (Å²) < 4.78 is 8.50. The van der Waals surface area contributed by atoms with Gasteiger partial charge in [-0.25, -0.2) is 4.68 Å². The Morgan fingerprint density at radius 2 is 2.03 bits per heavy atom. The van der Waals surface area contributed by atoms with E-state index in [0.29, 0.717) is 18.4 Å². The van der Waals surface area contributed by atoms with E-state index in [1.807, 2.05) is 62.4 Å². The molecule has 2 aromatic heterocycles. The molecule has 0 aliphatic rings. The molecule has 1 N–H and O–H groups in total. The molecular weight excluding hydrogens is 398 g/mol. The standard InChI is InChI=1S/C23H23N3O3S/c1-4-18(22(27)24-13-15-8-7-9-16(12-15)29-3)26-23(28)20-17-10-5-6-11-19(17)30-21(20)14(2)25-26/h5-12,18H,4,13H2,1-3H3,(H,24,27). The Balaban J connectivity index is 1.68. The fourth-order valence-electron chi connectivity index (χ4n) is 3.65. The van der Waals surface area contributed by atoms with Gasteiger partial charge in [0, 0.05) is 16.6 Å². The smallest absolute Gasteiger partial charge is 0.276 e. The number of aryl methyl sites for hydroxylation is 1. The number of nitrogens with one attached hydrogen (secondary N) is 1. The molecule has 2 aromatic carbocycles. The van der Waals surface area contributed by atoms with Crippen LogP contribution in [-0.4, -0.2) is 22.8 Å². The van der Waals surface area contributed by atoms with E-state index in [2.05, 4.69) is 10.4 Å². The van der Waals surface area contributed by atoms with Gasteiger partial charge >= 0.3 is 0 Å². The van der Waals surface area contributed by atoms with Crippen molar-refractivity contribution in [2.45, 2.75) is 32.9 Å². The highest BCUT2D eigenvalue weighted by atomic mass is 32.1. The van der Waals surface area contributed by atoms with Gasteiger partial charge in [0.25, 0.3) is 5.56 Å². The van der Waals surface area contributed by atoms with E-state index in [1.54, 1.807) is 18.4 Å². The van der Waals surface area contributed by atoms with Gasteiger partial charge in [0.05, 0.1) is 22.9 Å². The van der Waals surface area contributed by atoms with E-state index < -0.39 is 6.04 Å². The topological polar surface area (TPSA) is 73.2 Å². The van der Waals surface area contributed by atoms with Crippen LogP contribution < -0.4 is 15.6 Å². The molecule has 1 unspecified atom stereocenters. The van der Waals surface area contributed by atoms with Gasteiger partial charge in [-0.3, -0.25) is 9.59 Å². The molecule has 4 rings (SSSR count). The number of carbonyl (C=O) groups is 1. The molecule has 0 saturated carbocycles. The monoisotopic (exact) mass is 421 g/mol. The van der Waals surface area contributed by atoms with Crippen LogP contribution in [0, 0.1) is 6.92 Å². The number of aromatic nitrogens is 2. The Hall–Kier alpha value is -3.19. The van der Waals surface area contributed by atoms with Crippen LogP contribution in [0.25, 0.3) is 20.2 Å². The fourth-order valence-corrected chi connectivity index (χ4v) is 4.78. The van der Waals surface area contributed by atoms with Gasteiger partial charge in [0.2, 0.25) is 5.91 Å². The van der Waals surface area contributed by atoms with Gasteiger partial charge in [-0.05, 0) is 37.1 Å². The number of carbonyl (C=O) groups excluding carboxylic acids is 1. The second kappa shape index (κ2) is 8.28. The lowest BCUT2D eigenvalue weighted by molar-refractivity contribution is -0.125. The molecule has 1 atom stereocenters. The number of amides is 1. The number of ether oxygens (including phenoxy) is 1. The van der Waals surface area contributed by atoms with Crippen molar-refractivity contribution in [1.29, 1.82) is 0 Å². The molecule has 1 amide bonds.